The lowest BCUT2D eigenvalue weighted by Crippen LogP contribution is -1.99. The third-order valence-electron chi connectivity index (χ3n) is 4.44. The van der Waals surface area contributed by atoms with E-state index < -0.39 is 0 Å². The third kappa shape index (κ3) is 5.11. The summed E-state index contributed by atoms with van der Waals surface area (Å²) in [6, 6.07) is 17.8. The summed E-state index contributed by atoms with van der Waals surface area (Å²) in [6.45, 7) is 4.52. The molecule has 0 aliphatic rings. The van der Waals surface area contributed by atoms with Gasteiger partial charge in [-0.05, 0) is 66.9 Å². The highest BCUT2D eigenvalue weighted by Crippen LogP contribution is 2.24. The highest BCUT2D eigenvalue weighted by molar-refractivity contribution is 7.14. The maximum atomic E-state index is 12.3. The van der Waals surface area contributed by atoms with Crippen molar-refractivity contribution in [2.75, 3.05) is 7.11 Å². The highest BCUT2D eigenvalue weighted by Gasteiger charge is 2.07. The van der Waals surface area contributed by atoms with Gasteiger partial charge in [-0.3, -0.25) is 4.79 Å². The zero-order chi connectivity index (χ0) is 19.9. The van der Waals surface area contributed by atoms with Crippen molar-refractivity contribution in [2.24, 2.45) is 0 Å². The van der Waals surface area contributed by atoms with Crippen molar-refractivity contribution < 1.29 is 14.3 Å². The highest BCUT2D eigenvalue weighted by atomic mass is 32.1. The lowest BCUT2D eigenvalue weighted by Gasteiger charge is -2.11. The van der Waals surface area contributed by atoms with Crippen LogP contribution in [-0.2, 0) is 13.0 Å². The molecule has 0 radical (unpaired) electrons. The Bertz CT molecular complexity index is 968. The molecule has 0 spiro atoms. The molecule has 4 heteroatoms. The number of hydrogen-bond donors (Lipinski definition) is 0. The molecule has 0 bridgehead atoms. The minimum absolute atomic E-state index is 0.0164. The molecule has 0 unspecified atom stereocenters. The molecule has 2 aromatic carbocycles. The number of rotatable bonds is 8. The Balaban J connectivity index is 1.71. The first-order valence-electron chi connectivity index (χ1n) is 9.26. The molecule has 0 atom stereocenters. The van der Waals surface area contributed by atoms with Crippen molar-refractivity contribution in [3.63, 3.8) is 0 Å². The molecule has 3 nitrogen and oxygen atoms in total. The zero-order valence-corrected chi connectivity index (χ0v) is 17.2. The monoisotopic (exact) mass is 392 g/mol. The second kappa shape index (κ2) is 9.38. The van der Waals surface area contributed by atoms with Crippen LogP contribution in [0.3, 0.4) is 0 Å². The van der Waals surface area contributed by atoms with Gasteiger partial charge in [-0.2, -0.15) is 0 Å². The van der Waals surface area contributed by atoms with Crippen LogP contribution in [0.4, 0.5) is 0 Å². The van der Waals surface area contributed by atoms with Crippen LogP contribution in [0.15, 0.2) is 60.7 Å². The van der Waals surface area contributed by atoms with Gasteiger partial charge < -0.3 is 9.47 Å². The summed E-state index contributed by atoms with van der Waals surface area (Å²) < 4.78 is 11.4. The molecule has 0 aliphatic carbocycles. The van der Waals surface area contributed by atoms with Crippen LogP contribution in [-0.4, -0.2) is 12.9 Å². The zero-order valence-electron chi connectivity index (χ0n) is 16.4. The van der Waals surface area contributed by atoms with Crippen LogP contribution in [0.5, 0.6) is 11.5 Å². The summed E-state index contributed by atoms with van der Waals surface area (Å²) in [5.41, 5.74) is 3.15. The Kier molecular flexibility index (Phi) is 6.66. The molecular weight excluding hydrogens is 368 g/mol. The number of carbonyl (C=O) groups excluding carboxylic acids is 1. The van der Waals surface area contributed by atoms with Crippen LogP contribution in [0.25, 0.3) is 6.08 Å². The summed E-state index contributed by atoms with van der Waals surface area (Å²) in [7, 11) is 1.65. The molecule has 0 N–H and O–H groups in total. The van der Waals surface area contributed by atoms with Crippen molar-refractivity contribution in [1.82, 2.24) is 0 Å². The minimum atomic E-state index is 0.0164. The first-order valence-corrected chi connectivity index (χ1v) is 10.1. The van der Waals surface area contributed by atoms with Gasteiger partial charge in [-0.25, -0.2) is 0 Å². The van der Waals surface area contributed by atoms with Gasteiger partial charge in [0.1, 0.15) is 18.1 Å². The second-order valence-corrected chi connectivity index (χ2v) is 7.75. The number of ketones is 1. The molecule has 0 aliphatic heterocycles. The minimum Gasteiger partial charge on any atom is -0.496 e. The van der Waals surface area contributed by atoms with Gasteiger partial charge in [0, 0.05) is 10.4 Å². The topological polar surface area (TPSA) is 35.5 Å². The fourth-order valence-electron chi connectivity index (χ4n) is 2.82. The van der Waals surface area contributed by atoms with E-state index in [-0.39, 0.29) is 5.78 Å². The van der Waals surface area contributed by atoms with Crippen LogP contribution in [0.1, 0.15) is 38.2 Å². The van der Waals surface area contributed by atoms with Crippen molar-refractivity contribution in [2.45, 2.75) is 26.9 Å². The molecule has 3 rings (SSSR count). The number of allylic oxidation sites excluding steroid dienone is 1. The maximum absolute atomic E-state index is 12.3. The van der Waals surface area contributed by atoms with Gasteiger partial charge in [0.15, 0.2) is 5.78 Å². The predicted octanol–water partition coefficient (Wildman–Crippen LogP) is 6.10. The lowest BCUT2D eigenvalue weighted by atomic mass is 10.1. The first-order chi connectivity index (χ1) is 13.6. The standard InChI is InChI=1S/C24H24O3S/c1-4-18-6-10-21(11-7-18)27-16-20-15-19(9-13-23(20)26-3)8-12-22(25)24-14-5-17(2)28-24/h5-15H,4,16H2,1-3H3/b12-8+. The Morgan fingerprint density at radius 3 is 2.50 bits per heavy atom. The van der Waals surface area contributed by atoms with Gasteiger partial charge in [0.05, 0.1) is 12.0 Å². The lowest BCUT2D eigenvalue weighted by molar-refractivity contribution is 0.105. The van der Waals surface area contributed by atoms with Crippen molar-refractivity contribution in [1.29, 1.82) is 0 Å². The number of carbonyl (C=O) groups is 1. The van der Waals surface area contributed by atoms with E-state index in [0.717, 1.165) is 38.8 Å². The molecule has 3 aromatic rings. The molecule has 0 saturated carbocycles. The van der Waals surface area contributed by atoms with E-state index in [4.69, 9.17) is 9.47 Å². The molecule has 0 saturated heterocycles. The smallest absolute Gasteiger partial charge is 0.195 e. The average Bonchev–Trinajstić information content (AvgIpc) is 3.17. The van der Waals surface area contributed by atoms with Gasteiger partial charge in [-0.15, -0.1) is 11.3 Å². The molecule has 0 fully saturated rings. The van der Waals surface area contributed by atoms with E-state index in [0.29, 0.717) is 6.61 Å². The van der Waals surface area contributed by atoms with Gasteiger partial charge in [0.25, 0.3) is 0 Å². The van der Waals surface area contributed by atoms with Gasteiger partial charge in [0.2, 0.25) is 0 Å². The molecule has 1 aromatic heterocycles. The summed E-state index contributed by atoms with van der Waals surface area (Å²) >= 11 is 1.51. The number of methoxy groups -OCH3 is 1. The van der Waals surface area contributed by atoms with Crippen LogP contribution >= 0.6 is 11.3 Å². The largest absolute Gasteiger partial charge is 0.496 e. The Hall–Kier alpha value is -2.85. The molecule has 0 amide bonds. The second-order valence-electron chi connectivity index (χ2n) is 6.47. The fourth-order valence-corrected chi connectivity index (χ4v) is 3.61. The quantitative estimate of drug-likeness (QED) is 0.343. The molecule has 1 heterocycles. The van der Waals surface area contributed by atoms with E-state index in [1.807, 2.05) is 55.5 Å². The van der Waals surface area contributed by atoms with Crippen molar-refractivity contribution >= 4 is 23.2 Å². The third-order valence-corrected chi connectivity index (χ3v) is 5.46. The van der Waals surface area contributed by atoms with Crippen LogP contribution < -0.4 is 9.47 Å². The Morgan fingerprint density at radius 1 is 1.07 bits per heavy atom. The predicted molar refractivity (Wildman–Crippen MR) is 116 cm³/mol. The van der Waals surface area contributed by atoms with E-state index in [9.17, 15) is 4.79 Å². The summed E-state index contributed by atoms with van der Waals surface area (Å²) in [6.07, 6.45) is 4.45. The number of ether oxygens (including phenoxy) is 2. The van der Waals surface area contributed by atoms with Crippen molar-refractivity contribution in [3.8, 4) is 11.5 Å². The van der Waals surface area contributed by atoms with E-state index in [2.05, 4.69) is 19.1 Å². The van der Waals surface area contributed by atoms with Crippen LogP contribution in [0.2, 0.25) is 0 Å². The van der Waals surface area contributed by atoms with Gasteiger partial charge >= 0.3 is 0 Å². The number of aryl methyl sites for hydroxylation is 2. The Labute approximate surface area is 170 Å². The molecule has 144 valence electrons. The van der Waals surface area contributed by atoms with Crippen LogP contribution in [0, 0.1) is 6.92 Å². The summed E-state index contributed by atoms with van der Waals surface area (Å²) in [5.74, 6) is 1.61. The van der Waals surface area contributed by atoms with E-state index >= 15 is 0 Å². The SMILES string of the molecule is CCc1ccc(OCc2cc(/C=C/C(=O)c3ccc(C)s3)ccc2OC)cc1. The van der Waals surface area contributed by atoms with E-state index in [1.54, 1.807) is 13.2 Å². The van der Waals surface area contributed by atoms with E-state index in [1.165, 1.54) is 16.9 Å². The number of thiophene rings is 1. The summed E-state index contributed by atoms with van der Waals surface area (Å²) in [4.78, 5) is 14.2. The van der Waals surface area contributed by atoms with Gasteiger partial charge in [-0.1, -0.05) is 31.2 Å². The summed E-state index contributed by atoms with van der Waals surface area (Å²) in [5, 5.41) is 0. The fraction of sp³-hybridized carbons (Fsp3) is 0.208. The Morgan fingerprint density at radius 2 is 1.86 bits per heavy atom. The maximum Gasteiger partial charge on any atom is 0.195 e. The number of benzene rings is 2. The first kappa shape index (κ1) is 19.9. The molecular formula is C24H24O3S. The number of hydrogen-bond acceptors (Lipinski definition) is 4. The molecule has 28 heavy (non-hydrogen) atoms. The average molecular weight is 393 g/mol. The van der Waals surface area contributed by atoms with Crippen molar-refractivity contribution in [3.05, 3.63) is 87.1 Å². The normalized spacial score (nSPS) is 11.0.